The number of halogens is 1. The van der Waals surface area contributed by atoms with Gasteiger partial charge in [0, 0.05) is 57.1 Å². The number of aryl methyl sites for hydroxylation is 1. The van der Waals surface area contributed by atoms with E-state index in [1.54, 1.807) is 4.90 Å². The third kappa shape index (κ3) is 7.59. The summed E-state index contributed by atoms with van der Waals surface area (Å²) in [5.41, 5.74) is 5.75. The maximum atomic E-state index is 14.2. The van der Waals surface area contributed by atoms with Crippen molar-refractivity contribution in [3.63, 3.8) is 0 Å². The van der Waals surface area contributed by atoms with Crippen LogP contribution in [0.5, 0.6) is 11.6 Å². The number of carbonyl (C=O) groups excluding carboxylic acids is 2. The Morgan fingerprint density at radius 2 is 1.75 bits per heavy atom. The molecule has 0 aliphatic carbocycles. The van der Waals surface area contributed by atoms with E-state index in [-0.39, 0.29) is 60.4 Å². The SMILES string of the molecule is Cc1nc(C2CCOCC2)sc1C(=O)N1CC[C@@H](C(=O)N2CCC(O)(Cn3cnc(Oc4ccc(F)cc4)c(N)c3=O)CC2)[C@H](c2ccccc2)C1. The van der Waals surface area contributed by atoms with Crippen molar-refractivity contribution in [3.05, 3.63) is 98.2 Å². The minimum atomic E-state index is -1.27. The highest BCUT2D eigenvalue weighted by Crippen LogP contribution is 2.38. The Kier molecular flexibility index (Phi) is 10.4. The van der Waals surface area contributed by atoms with Crippen LogP contribution in [0, 0.1) is 18.7 Å². The molecule has 2 aromatic heterocycles. The summed E-state index contributed by atoms with van der Waals surface area (Å²) >= 11 is 1.49. The molecule has 5 heterocycles. The van der Waals surface area contributed by atoms with Crippen LogP contribution in [-0.2, 0) is 16.1 Å². The number of rotatable bonds is 8. The Morgan fingerprint density at radius 1 is 1.04 bits per heavy atom. The molecule has 0 saturated carbocycles. The van der Waals surface area contributed by atoms with Crippen molar-refractivity contribution < 1.29 is 28.6 Å². The van der Waals surface area contributed by atoms with Crippen LogP contribution in [0.4, 0.5) is 10.1 Å². The van der Waals surface area contributed by atoms with Crippen LogP contribution in [-0.4, -0.2) is 86.2 Å². The number of hydrogen-bond acceptors (Lipinski definition) is 10. The molecule has 0 radical (unpaired) electrons. The number of ether oxygens (including phenoxy) is 2. The molecule has 14 heteroatoms. The molecule has 274 valence electrons. The van der Waals surface area contributed by atoms with Crippen molar-refractivity contribution >= 4 is 28.8 Å². The van der Waals surface area contributed by atoms with Crippen LogP contribution < -0.4 is 16.0 Å². The van der Waals surface area contributed by atoms with Crippen molar-refractivity contribution in [2.24, 2.45) is 5.92 Å². The number of aliphatic hydroxyl groups is 1. The Labute approximate surface area is 305 Å². The smallest absolute Gasteiger partial charge is 0.280 e. The topological polar surface area (TPSA) is 153 Å². The summed E-state index contributed by atoms with van der Waals surface area (Å²) in [5, 5.41) is 12.5. The van der Waals surface area contributed by atoms with Crippen LogP contribution in [0.1, 0.15) is 69.9 Å². The van der Waals surface area contributed by atoms with Gasteiger partial charge in [0.15, 0.2) is 5.69 Å². The molecule has 0 bridgehead atoms. The lowest BCUT2D eigenvalue weighted by molar-refractivity contribution is -0.142. The molecule has 0 unspecified atom stereocenters. The average Bonchev–Trinajstić information content (AvgIpc) is 3.57. The molecule has 7 rings (SSSR count). The van der Waals surface area contributed by atoms with Gasteiger partial charge in [0.1, 0.15) is 22.8 Å². The average molecular weight is 731 g/mol. The predicted molar refractivity (Wildman–Crippen MR) is 193 cm³/mol. The second-order valence-electron chi connectivity index (χ2n) is 14.0. The molecule has 3 N–H and O–H groups in total. The zero-order valence-corrected chi connectivity index (χ0v) is 29.9. The van der Waals surface area contributed by atoms with E-state index in [4.69, 9.17) is 20.2 Å². The maximum absolute atomic E-state index is 14.2. The number of thiazole rings is 1. The highest BCUT2D eigenvalue weighted by molar-refractivity contribution is 7.13. The lowest BCUT2D eigenvalue weighted by Crippen LogP contribution is -2.53. The van der Waals surface area contributed by atoms with Gasteiger partial charge >= 0.3 is 0 Å². The van der Waals surface area contributed by atoms with Crippen LogP contribution in [0.15, 0.2) is 65.7 Å². The third-order valence-electron chi connectivity index (χ3n) is 10.6. The quantitative estimate of drug-likeness (QED) is 0.263. The molecule has 2 aromatic carbocycles. The monoisotopic (exact) mass is 730 g/mol. The number of likely N-dealkylation sites (tertiary alicyclic amines) is 2. The number of piperidine rings is 2. The lowest BCUT2D eigenvalue weighted by Gasteiger charge is -2.43. The first-order chi connectivity index (χ1) is 25.1. The van der Waals surface area contributed by atoms with Gasteiger partial charge in [-0.3, -0.25) is 19.0 Å². The summed E-state index contributed by atoms with van der Waals surface area (Å²) in [5.74, 6) is -0.519. The normalized spacial score (nSPS) is 20.8. The molecular weight excluding hydrogens is 688 g/mol. The van der Waals surface area contributed by atoms with Crippen molar-refractivity contribution in [2.45, 2.75) is 63.0 Å². The van der Waals surface area contributed by atoms with Crippen LogP contribution in [0.25, 0.3) is 0 Å². The lowest BCUT2D eigenvalue weighted by atomic mass is 9.79. The van der Waals surface area contributed by atoms with Crippen molar-refractivity contribution in [3.8, 4) is 11.6 Å². The van der Waals surface area contributed by atoms with E-state index >= 15 is 0 Å². The number of nitrogens with two attached hydrogens (primary N) is 1. The molecule has 12 nitrogen and oxygen atoms in total. The second-order valence-corrected chi connectivity index (χ2v) is 15.0. The highest BCUT2D eigenvalue weighted by atomic mass is 32.1. The fourth-order valence-corrected chi connectivity index (χ4v) is 8.70. The predicted octanol–water partition coefficient (Wildman–Crippen LogP) is 4.72. The molecule has 2 amide bonds. The summed E-state index contributed by atoms with van der Waals surface area (Å²) in [6, 6.07) is 15.1. The highest BCUT2D eigenvalue weighted by Gasteiger charge is 2.42. The zero-order chi connectivity index (χ0) is 36.4. The molecule has 3 aliphatic heterocycles. The summed E-state index contributed by atoms with van der Waals surface area (Å²) in [6.07, 6.45) is 4.11. The van der Waals surface area contributed by atoms with Crippen molar-refractivity contribution in [1.82, 2.24) is 24.3 Å². The number of aromatic nitrogens is 3. The van der Waals surface area contributed by atoms with Crippen LogP contribution in [0.3, 0.4) is 0 Å². The third-order valence-corrected chi connectivity index (χ3v) is 11.9. The fraction of sp³-hybridized carbons (Fsp3) is 0.447. The summed E-state index contributed by atoms with van der Waals surface area (Å²) < 4.78 is 25.6. The summed E-state index contributed by atoms with van der Waals surface area (Å²) in [6.45, 7) is 4.76. The van der Waals surface area contributed by atoms with E-state index in [1.165, 1.54) is 46.5 Å². The van der Waals surface area contributed by atoms with Crippen LogP contribution in [0.2, 0.25) is 0 Å². The first-order valence-corrected chi connectivity index (χ1v) is 18.6. The number of anilines is 1. The van der Waals surface area contributed by atoms with E-state index in [0.29, 0.717) is 56.6 Å². The first-order valence-electron chi connectivity index (χ1n) is 17.8. The number of amides is 2. The Morgan fingerprint density at radius 3 is 2.46 bits per heavy atom. The summed E-state index contributed by atoms with van der Waals surface area (Å²) in [4.78, 5) is 54.5. The first kappa shape index (κ1) is 35.7. The van der Waals surface area contributed by atoms with Gasteiger partial charge in [0.25, 0.3) is 11.5 Å². The van der Waals surface area contributed by atoms with Gasteiger partial charge in [-0.05, 0) is 68.9 Å². The van der Waals surface area contributed by atoms with Crippen molar-refractivity contribution in [2.75, 3.05) is 45.1 Å². The van der Waals surface area contributed by atoms with Crippen molar-refractivity contribution in [1.29, 1.82) is 0 Å². The molecule has 4 aromatic rings. The summed E-state index contributed by atoms with van der Waals surface area (Å²) in [7, 11) is 0. The van der Waals surface area contributed by atoms with Gasteiger partial charge in [0.05, 0.1) is 22.8 Å². The van der Waals surface area contributed by atoms with Gasteiger partial charge in [0.2, 0.25) is 11.8 Å². The molecule has 3 fully saturated rings. The largest absolute Gasteiger partial charge is 0.437 e. The molecule has 2 atom stereocenters. The number of benzene rings is 2. The zero-order valence-electron chi connectivity index (χ0n) is 29.1. The number of carbonyl (C=O) groups is 2. The van der Waals surface area contributed by atoms with Gasteiger partial charge in [-0.25, -0.2) is 14.4 Å². The van der Waals surface area contributed by atoms with Gasteiger partial charge < -0.3 is 30.1 Å². The second kappa shape index (κ2) is 15.1. The standard InChI is InChI=1S/C38H43FN6O6S/c1-24-32(52-34(42-24)26-12-19-50-20-13-26)37(48)44-16-11-29(30(21-44)25-5-3-2-4-6-25)35(46)43-17-14-38(49,15-18-43)22-45-23-41-33(31(40)36(45)47)51-28-9-7-27(39)8-10-28/h2-10,23,26,29-30,49H,11-22,40H2,1H3/t29-,30+/m1/s1. The Bertz CT molecular complexity index is 1960. The Hall–Kier alpha value is -4.66. The van der Waals surface area contributed by atoms with E-state index in [1.807, 2.05) is 42.2 Å². The maximum Gasteiger partial charge on any atom is 0.280 e. The molecule has 3 aliphatic rings. The molecule has 52 heavy (non-hydrogen) atoms. The van der Waals surface area contributed by atoms with E-state index < -0.39 is 17.0 Å². The van der Waals surface area contributed by atoms with E-state index in [9.17, 15) is 23.9 Å². The minimum absolute atomic E-state index is 0.00384. The Balaban J connectivity index is 1.01. The fourth-order valence-electron chi connectivity index (χ4n) is 7.50. The number of nitrogens with zero attached hydrogens (tertiary/aromatic N) is 5. The van der Waals surface area contributed by atoms with Gasteiger partial charge in [-0.1, -0.05) is 30.3 Å². The van der Waals surface area contributed by atoms with Gasteiger partial charge in [-0.2, -0.15) is 0 Å². The minimum Gasteiger partial charge on any atom is -0.437 e. The number of nitrogen functional groups attached to an aromatic ring is 1. The van der Waals surface area contributed by atoms with Crippen LogP contribution >= 0.6 is 11.3 Å². The molecule has 0 spiro atoms. The van der Waals surface area contributed by atoms with E-state index in [2.05, 4.69) is 4.98 Å². The number of hydrogen-bond donors (Lipinski definition) is 2. The van der Waals surface area contributed by atoms with E-state index in [0.717, 1.165) is 29.1 Å². The molecule has 3 saturated heterocycles. The van der Waals surface area contributed by atoms with Gasteiger partial charge in [-0.15, -0.1) is 11.3 Å². The molecular formula is C38H43FN6O6S.